The Morgan fingerprint density at radius 2 is 1.11 bits per heavy atom. The first-order chi connectivity index (χ1) is 8.54. The highest BCUT2D eigenvalue weighted by atomic mass is 31.3. The second kappa shape index (κ2) is 7.29. The first-order valence-corrected chi connectivity index (χ1v) is 9.33. The minimum absolute atomic E-state index is 0.564. The van der Waals surface area contributed by atoms with Crippen molar-refractivity contribution < 1.29 is 37.0 Å². The van der Waals surface area contributed by atoms with Crippen molar-refractivity contribution in [1.29, 1.82) is 0 Å². The Morgan fingerprint density at radius 3 is 1.37 bits per heavy atom. The number of allylic oxidation sites excluding steroid dienone is 4. The van der Waals surface area contributed by atoms with Crippen molar-refractivity contribution in [3.05, 3.63) is 49.1 Å². The van der Waals surface area contributed by atoms with E-state index in [1.54, 1.807) is 0 Å². The molecule has 0 aromatic rings. The van der Waals surface area contributed by atoms with E-state index in [0.717, 1.165) is 24.3 Å². The fourth-order valence-corrected chi connectivity index (χ4v) is 4.57. The van der Waals surface area contributed by atoms with Gasteiger partial charge in [-0.05, 0) is 0 Å². The van der Waals surface area contributed by atoms with Gasteiger partial charge in [-0.1, -0.05) is 37.5 Å². The maximum absolute atomic E-state index is 11.3. The molecule has 0 aliphatic heterocycles. The smallest absolute Gasteiger partial charge is 0.321 e. The van der Waals surface area contributed by atoms with Crippen LogP contribution in [0.4, 0.5) is 0 Å². The average Bonchev–Trinajstić information content (AvgIpc) is 2.20. The first kappa shape index (κ1) is 18.4. The molecule has 0 aromatic heterocycles. The van der Waals surface area contributed by atoms with Crippen LogP contribution in [-0.4, -0.2) is 14.7 Å². The molecule has 0 heterocycles. The lowest BCUT2D eigenvalue weighted by Crippen LogP contribution is -1.91. The van der Waals surface area contributed by atoms with Gasteiger partial charge in [-0.25, -0.2) is 13.2 Å². The van der Waals surface area contributed by atoms with Crippen LogP contribution in [0.3, 0.4) is 0 Å². The summed E-state index contributed by atoms with van der Waals surface area (Å²) in [5.74, 6) is 1.13. The zero-order valence-electron chi connectivity index (χ0n) is 9.60. The summed E-state index contributed by atoms with van der Waals surface area (Å²) >= 11 is 0. The second-order valence-corrected chi connectivity index (χ2v) is 8.01. The van der Waals surface area contributed by atoms with Gasteiger partial charge in [0, 0.05) is 11.6 Å². The molecule has 2 atom stereocenters. The molecule has 0 saturated heterocycles. The van der Waals surface area contributed by atoms with Crippen LogP contribution in [0.5, 0.6) is 0 Å². The second-order valence-electron chi connectivity index (χ2n) is 2.91. The van der Waals surface area contributed by atoms with Gasteiger partial charge in [0.2, 0.25) is 0 Å². The number of hydrogen-bond acceptors (Lipinski definition) is 5. The predicted molar refractivity (Wildman–Crippen MR) is 70.3 cm³/mol. The molecule has 19 heavy (non-hydrogen) atoms. The van der Waals surface area contributed by atoms with Crippen molar-refractivity contribution in [3.8, 4) is 0 Å². The minimum atomic E-state index is -5.21. The van der Waals surface area contributed by atoms with Gasteiger partial charge in [0.15, 0.2) is 0 Å². The minimum Gasteiger partial charge on any atom is -0.321 e. The van der Waals surface area contributed by atoms with Crippen LogP contribution in [-0.2, 0) is 22.3 Å². The van der Waals surface area contributed by atoms with Crippen LogP contribution >= 0.6 is 23.0 Å². The molecule has 0 saturated carbocycles. The Bertz CT molecular complexity index is 490. The van der Waals surface area contributed by atoms with Gasteiger partial charge >= 0.3 is 23.0 Å². The normalized spacial score (nSPS) is 21.6. The Labute approximate surface area is 110 Å². The zero-order chi connectivity index (χ0) is 15.2. The van der Waals surface area contributed by atoms with Crippen molar-refractivity contribution >= 4 is 23.0 Å². The summed E-state index contributed by atoms with van der Waals surface area (Å²) in [6.07, 6.45) is 4.24. The Balaban J connectivity index is 4.96. The molecule has 0 fully saturated rings. The fourth-order valence-electron chi connectivity index (χ4n) is 0.704. The molecular weight excluding hydrogens is 317 g/mol. The molecule has 8 nitrogen and oxygen atoms in total. The van der Waals surface area contributed by atoms with Gasteiger partial charge in [-0.3, -0.25) is 9.13 Å². The van der Waals surface area contributed by atoms with Crippen molar-refractivity contribution in [2.45, 2.75) is 0 Å². The molecule has 0 aromatic carbocycles. The van der Waals surface area contributed by atoms with Crippen LogP contribution in [0.15, 0.2) is 49.1 Å². The molecule has 108 valence electrons. The van der Waals surface area contributed by atoms with Crippen LogP contribution in [0.2, 0.25) is 0 Å². The maximum Gasteiger partial charge on any atom is 0.487 e. The highest BCUT2D eigenvalue weighted by Crippen LogP contribution is 2.67. The zero-order valence-corrected chi connectivity index (χ0v) is 12.3. The maximum atomic E-state index is 11.3. The summed E-state index contributed by atoms with van der Waals surface area (Å²) in [6, 6.07) is 0. The molecule has 0 amide bonds. The van der Waals surface area contributed by atoms with Crippen LogP contribution in [0.1, 0.15) is 0 Å². The lowest BCUT2D eigenvalue weighted by molar-refractivity contribution is 0.262. The van der Waals surface area contributed by atoms with Gasteiger partial charge in [-0.2, -0.15) is 0 Å². The quantitative estimate of drug-likeness (QED) is 0.457. The molecule has 0 spiro atoms. The summed E-state index contributed by atoms with van der Waals surface area (Å²) in [7, 11) is -14.4. The van der Waals surface area contributed by atoms with Gasteiger partial charge in [0.25, 0.3) is 0 Å². The van der Waals surface area contributed by atoms with Crippen LogP contribution in [0, 0.1) is 0 Å². The third-order valence-electron chi connectivity index (χ3n) is 1.26. The molecule has 0 aliphatic rings. The largest absolute Gasteiger partial charge is 0.487 e. The van der Waals surface area contributed by atoms with E-state index in [1.165, 1.54) is 0 Å². The van der Waals surface area contributed by atoms with Crippen LogP contribution in [0.25, 0.3) is 0 Å². The molecule has 0 bridgehead atoms. The molecule has 3 N–H and O–H groups in total. The highest BCUT2D eigenvalue weighted by molar-refractivity contribution is 7.71. The first-order valence-electron chi connectivity index (χ1n) is 4.54. The summed E-state index contributed by atoms with van der Waals surface area (Å²) < 4.78 is 41.7. The van der Waals surface area contributed by atoms with E-state index in [0.29, 0.717) is 11.6 Å². The van der Waals surface area contributed by atoms with E-state index in [1.807, 2.05) is 0 Å². The number of hydrogen-bond donors (Lipinski definition) is 3. The Hall–Kier alpha value is -0.550. The third kappa shape index (κ3) is 9.05. The third-order valence-corrected chi connectivity index (χ3v) is 5.88. The van der Waals surface area contributed by atoms with E-state index in [9.17, 15) is 13.7 Å². The van der Waals surface area contributed by atoms with E-state index in [4.69, 9.17) is 14.7 Å². The summed E-state index contributed by atoms with van der Waals surface area (Å²) in [6.45, 7) is 6.43. The molecular formula is C8H13O8P3. The summed E-state index contributed by atoms with van der Waals surface area (Å²) in [5, 5.41) is 0. The topological polar surface area (TPSA) is 130 Å². The lowest BCUT2D eigenvalue weighted by atomic mass is 10.6. The lowest BCUT2D eigenvalue weighted by Gasteiger charge is -2.15. The van der Waals surface area contributed by atoms with Gasteiger partial charge in [-0.15, -0.1) is 0 Å². The van der Waals surface area contributed by atoms with Crippen molar-refractivity contribution in [2.75, 3.05) is 0 Å². The van der Waals surface area contributed by atoms with Crippen molar-refractivity contribution in [2.24, 2.45) is 0 Å². The standard InChI is InChI=1S/C8H13O8P3/c1-3-5-7-17(9,10)15-19(13,14)16-18(11,12)8-6-4-2/h3-8H,1-2H2,(H,9,10)(H,11,12)(H,13,14). The molecule has 0 rings (SSSR count). The summed E-state index contributed by atoms with van der Waals surface area (Å²) in [5.41, 5.74) is 0. The Kier molecular flexibility index (Phi) is 7.08. The monoisotopic (exact) mass is 330 g/mol. The van der Waals surface area contributed by atoms with E-state index in [2.05, 4.69) is 21.8 Å². The van der Waals surface area contributed by atoms with E-state index in [-0.39, 0.29) is 0 Å². The molecule has 0 aliphatic carbocycles. The highest BCUT2D eigenvalue weighted by Gasteiger charge is 2.37. The molecule has 0 radical (unpaired) electrons. The molecule has 11 heteroatoms. The average molecular weight is 330 g/mol. The van der Waals surface area contributed by atoms with Crippen LogP contribution < -0.4 is 0 Å². The summed E-state index contributed by atoms with van der Waals surface area (Å²) in [4.78, 5) is 27.4. The molecule has 2 unspecified atom stereocenters. The SMILES string of the molecule is C=CC=CP(=O)(O)OP(=O)(O)OP(=O)(O)C=CC=C. The number of phosphoric acid groups is 1. The Morgan fingerprint density at radius 1 is 0.789 bits per heavy atom. The van der Waals surface area contributed by atoms with Gasteiger partial charge in [0.05, 0.1) is 0 Å². The van der Waals surface area contributed by atoms with Crippen molar-refractivity contribution in [3.63, 3.8) is 0 Å². The fraction of sp³-hybridized carbons (Fsp3) is 0. The number of rotatable bonds is 8. The van der Waals surface area contributed by atoms with E-state index >= 15 is 0 Å². The van der Waals surface area contributed by atoms with Gasteiger partial charge < -0.3 is 14.7 Å². The van der Waals surface area contributed by atoms with Crippen molar-refractivity contribution in [1.82, 2.24) is 0 Å². The predicted octanol–water partition coefficient (Wildman–Crippen LogP) is 2.89. The van der Waals surface area contributed by atoms with Gasteiger partial charge in [0.1, 0.15) is 0 Å². The van der Waals surface area contributed by atoms with E-state index < -0.39 is 23.0 Å².